The van der Waals surface area contributed by atoms with Gasteiger partial charge in [-0.15, -0.1) is 0 Å². The molecule has 146 valence electrons. The van der Waals surface area contributed by atoms with Crippen molar-refractivity contribution in [3.05, 3.63) is 60.8 Å². The van der Waals surface area contributed by atoms with E-state index in [0.717, 1.165) is 0 Å². The van der Waals surface area contributed by atoms with Crippen LogP contribution in [0.3, 0.4) is 0 Å². The molecule has 0 atom stereocenters. The van der Waals surface area contributed by atoms with Crippen LogP contribution in [0.1, 0.15) is 6.92 Å². The third kappa shape index (κ3) is 4.53. The Hall–Kier alpha value is -2.82. The molecule has 0 bridgehead atoms. The maximum absolute atomic E-state index is 12.1. The van der Waals surface area contributed by atoms with Gasteiger partial charge in [0, 0.05) is 17.4 Å². The SMILES string of the molecule is CCS(=O)(=O)c1cccc(-c2ccnc(Nc3ccc(S(N)(=O)=O)cc3)n2)c1. The molecule has 0 aliphatic rings. The molecular formula is C18H18N4O4S2. The number of sulfone groups is 1. The molecule has 0 unspecified atom stereocenters. The minimum Gasteiger partial charge on any atom is -0.324 e. The summed E-state index contributed by atoms with van der Waals surface area (Å²) >= 11 is 0. The van der Waals surface area contributed by atoms with E-state index < -0.39 is 19.9 Å². The fourth-order valence-corrected chi connectivity index (χ4v) is 3.89. The van der Waals surface area contributed by atoms with Crippen LogP contribution in [-0.2, 0) is 19.9 Å². The van der Waals surface area contributed by atoms with Crippen LogP contribution in [0.2, 0.25) is 0 Å². The minimum atomic E-state index is -3.76. The lowest BCUT2D eigenvalue weighted by Crippen LogP contribution is -2.11. The predicted molar refractivity (Wildman–Crippen MR) is 106 cm³/mol. The molecular weight excluding hydrogens is 400 g/mol. The van der Waals surface area contributed by atoms with Crippen molar-refractivity contribution in [2.75, 3.05) is 11.1 Å². The van der Waals surface area contributed by atoms with Gasteiger partial charge in [-0.05, 0) is 42.5 Å². The van der Waals surface area contributed by atoms with Crippen LogP contribution in [-0.4, -0.2) is 32.6 Å². The first kappa shape index (κ1) is 19.9. The van der Waals surface area contributed by atoms with Gasteiger partial charge in [0.25, 0.3) is 0 Å². The summed E-state index contributed by atoms with van der Waals surface area (Å²) in [4.78, 5) is 8.77. The minimum absolute atomic E-state index is 0.00154. The van der Waals surface area contributed by atoms with Gasteiger partial charge in [0.1, 0.15) is 0 Å². The quantitative estimate of drug-likeness (QED) is 0.628. The van der Waals surface area contributed by atoms with Gasteiger partial charge < -0.3 is 5.32 Å². The number of nitrogens with one attached hydrogen (secondary N) is 1. The zero-order chi connectivity index (χ0) is 20.4. The van der Waals surface area contributed by atoms with Gasteiger partial charge in [-0.2, -0.15) is 0 Å². The Balaban J connectivity index is 1.88. The molecule has 0 aliphatic heterocycles. The standard InChI is InChI=1S/C18H18N4O4S2/c1-2-27(23,24)16-5-3-4-13(12-16)17-10-11-20-18(22-17)21-14-6-8-15(9-7-14)28(19,25)26/h3-12H,2H2,1H3,(H2,19,25,26)(H,20,21,22). The number of sulfonamides is 1. The molecule has 0 saturated carbocycles. The smallest absolute Gasteiger partial charge is 0.238 e. The lowest BCUT2D eigenvalue weighted by Gasteiger charge is -2.08. The van der Waals surface area contributed by atoms with Crippen molar-refractivity contribution in [3.8, 4) is 11.3 Å². The Labute approximate surface area is 163 Å². The van der Waals surface area contributed by atoms with E-state index in [4.69, 9.17) is 5.14 Å². The number of aromatic nitrogens is 2. The van der Waals surface area contributed by atoms with Crippen molar-refractivity contribution >= 4 is 31.5 Å². The molecule has 0 fully saturated rings. The molecule has 1 heterocycles. The number of nitrogens with zero attached hydrogens (tertiary/aromatic N) is 2. The molecule has 0 radical (unpaired) electrons. The highest BCUT2D eigenvalue weighted by molar-refractivity contribution is 7.91. The number of primary sulfonamides is 1. The molecule has 8 nitrogen and oxygen atoms in total. The summed E-state index contributed by atoms with van der Waals surface area (Å²) in [5.74, 6) is 0.297. The van der Waals surface area contributed by atoms with E-state index in [-0.39, 0.29) is 21.5 Å². The summed E-state index contributed by atoms with van der Waals surface area (Å²) in [7, 11) is -7.08. The Morgan fingerprint density at radius 1 is 0.964 bits per heavy atom. The van der Waals surface area contributed by atoms with Crippen molar-refractivity contribution in [1.82, 2.24) is 9.97 Å². The molecule has 2 aromatic carbocycles. The van der Waals surface area contributed by atoms with Crippen molar-refractivity contribution in [3.63, 3.8) is 0 Å². The van der Waals surface area contributed by atoms with E-state index >= 15 is 0 Å². The van der Waals surface area contributed by atoms with Crippen LogP contribution in [0.5, 0.6) is 0 Å². The molecule has 3 rings (SSSR count). The summed E-state index contributed by atoms with van der Waals surface area (Å²) in [5.41, 5.74) is 1.77. The second-order valence-corrected chi connectivity index (χ2v) is 9.73. The van der Waals surface area contributed by atoms with Gasteiger partial charge >= 0.3 is 0 Å². The van der Waals surface area contributed by atoms with Crippen molar-refractivity contribution < 1.29 is 16.8 Å². The fourth-order valence-electron chi connectivity index (χ4n) is 2.45. The summed E-state index contributed by atoms with van der Waals surface area (Å²) in [5, 5.41) is 8.05. The van der Waals surface area contributed by atoms with Gasteiger partial charge in [0.15, 0.2) is 9.84 Å². The van der Waals surface area contributed by atoms with Gasteiger partial charge in [-0.1, -0.05) is 19.1 Å². The molecule has 28 heavy (non-hydrogen) atoms. The molecule has 3 N–H and O–H groups in total. The first-order valence-electron chi connectivity index (χ1n) is 8.25. The molecule has 3 aromatic rings. The molecule has 0 aliphatic carbocycles. The van der Waals surface area contributed by atoms with E-state index in [1.165, 1.54) is 12.1 Å². The molecule has 10 heteroatoms. The molecule has 0 saturated heterocycles. The van der Waals surface area contributed by atoms with E-state index in [1.807, 2.05) is 0 Å². The summed E-state index contributed by atoms with van der Waals surface area (Å²) in [6.45, 7) is 1.59. The Bertz CT molecular complexity index is 1210. The highest BCUT2D eigenvalue weighted by Crippen LogP contribution is 2.23. The van der Waals surface area contributed by atoms with Crippen molar-refractivity contribution in [1.29, 1.82) is 0 Å². The largest absolute Gasteiger partial charge is 0.324 e. The number of anilines is 2. The van der Waals surface area contributed by atoms with E-state index in [9.17, 15) is 16.8 Å². The van der Waals surface area contributed by atoms with Gasteiger partial charge in [-0.25, -0.2) is 31.9 Å². The van der Waals surface area contributed by atoms with E-state index in [1.54, 1.807) is 55.6 Å². The zero-order valence-electron chi connectivity index (χ0n) is 14.9. The number of hydrogen-bond donors (Lipinski definition) is 2. The van der Waals surface area contributed by atoms with Crippen LogP contribution >= 0.6 is 0 Å². The van der Waals surface area contributed by atoms with Gasteiger partial charge in [0.2, 0.25) is 16.0 Å². The molecule has 1 aromatic heterocycles. The van der Waals surface area contributed by atoms with E-state index in [2.05, 4.69) is 15.3 Å². The Morgan fingerprint density at radius 2 is 1.68 bits per heavy atom. The number of rotatable bonds is 6. The van der Waals surface area contributed by atoms with E-state index in [0.29, 0.717) is 16.9 Å². The van der Waals surface area contributed by atoms with Crippen LogP contribution < -0.4 is 10.5 Å². The average Bonchev–Trinajstić information content (AvgIpc) is 2.68. The highest BCUT2D eigenvalue weighted by atomic mass is 32.2. The summed E-state index contributed by atoms with van der Waals surface area (Å²) in [6.07, 6.45) is 1.55. The number of hydrogen-bond acceptors (Lipinski definition) is 7. The first-order chi connectivity index (χ1) is 13.2. The topological polar surface area (TPSA) is 132 Å². The zero-order valence-corrected chi connectivity index (χ0v) is 16.5. The maximum Gasteiger partial charge on any atom is 0.238 e. The van der Waals surface area contributed by atoms with Gasteiger partial charge in [0.05, 0.1) is 21.2 Å². The normalized spacial score (nSPS) is 11.9. The first-order valence-corrected chi connectivity index (χ1v) is 11.4. The predicted octanol–water partition coefficient (Wildman–Crippen LogP) is 2.33. The lowest BCUT2D eigenvalue weighted by molar-refractivity contribution is 0.596. The van der Waals surface area contributed by atoms with Crippen molar-refractivity contribution in [2.45, 2.75) is 16.7 Å². The monoisotopic (exact) mass is 418 g/mol. The fraction of sp³-hybridized carbons (Fsp3) is 0.111. The Morgan fingerprint density at radius 3 is 2.32 bits per heavy atom. The number of benzene rings is 2. The van der Waals surface area contributed by atoms with Crippen LogP contribution in [0, 0.1) is 0 Å². The third-order valence-electron chi connectivity index (χ3n) is 3.96. The average molecular weight is 419 g/mol. The number of nitrogens with two attached hydrogens (primary N) is 1. The van der Waals surface area contributed by atoms with Crippen LogP contribution in [0.15, 0.2) is 70.6 Å². The Kier molecular flexibility index (Phi) is 5.45. The molecule has 0 amide bonds. The van der Waals surface area contributed by atoms with Gasteiger partial charge in [-0.3, -0.25) is 0 Å². The summed E-state index contributed by atoms with van der Waals surface area (Å²) in [6, 6.07) is 14.1. The van der Waals surface area contributed by atoms with Crippen molar-refractivity contribution in [2.24, 2.45) is 5.14 Å². The second-order valence-electron chi connectivity index (χ2n) is 5.89. The van der Waals surface area contributed by atoms with Crippen LogP contribution in [0.25, 0.3) is 11.3 Å². The third-order valence-corrected chi connectivity index (χ3v) is 6.63. The van der Waals surface area contributed by atoms with Crippen LogP contribution in [0.4, 0.5) is 11.6 Å². The summed E-state index contributed by atoms with van der Waals surface area (Å²) < 4.78 is 46.8. The highest BCUT2D eigenvalue weighted by Gasteiger charge is 2.13. The molecule has 0 spiro atoms. The lowest BCUT2D eigenvalue weighted by atomic mass is 10.1. The second kappa shape index (κ2) is 7.66. The maximum atomic E-state index is 12.1.